The summed E-state index contributed by atoms with van der Waals surface area (Å²) in [6, 6.07) is 11.8. The van der Waals surface area contributed by atoms with E-state index in [0.29, 0.717) is 12.1 Å². The molecule has 1 aromatic carbocycles. The average Bonchev–Trinajstić information content (AvgIpc) is 2.87. The summed E-state index contributed by atoms with van der Waals surface area (Å²) in [5.74, 6) is 0.904. The van der Waals surface area contributed by atoms with E-state index in [1.54, 1.807) is 0 Å². The zero-order chi connectivity index (χ0) is 15.4. The largest absolute Gasteiger partial charge is 0.392 e. The van der Waals surface area contributed by atoms with Gasteiger partial charge in [0.1, 0.15) is 0 Å². The number of hydrogen-bond acceptors (Lipinski definition) is 3. The number of aliphatic hydroxyl groups excluding tert-OH is 1. The fourth-order valence-corrected chi connectivity index (χ4v) is 3.95. The van der Waals surface area contributed by atoms with E-state index < -0.39 is 0 Å². The van der Waals surface area contributed by atoms with Crippen molar-refractivity contribution in [3.05, 3.63) is 35.9 Å². The van der Waals surface area contributed by atoms with Crippen molar-refractivity contribution in [3.63, 3.8) is 0 Å². The summed E-state index contributed by atoms with van der Waals surface area (Å²) in [6.45, 7) is 5.14. The molecule has 2 unspecified atom stereocenters. The van der Waals surface area contributed by atoms with Gasteiger partial charge in [-0.1, -0.05) is 37.3 Å². The first-order valence-corrected chi connectivity index (χ1v) is 8.90. The van der Waals surface area contributed by atoms with Crippen LogP contribution in [0.15, 0.2) is 30.3 Å². The quantitative estimate of drug-likeness (QED) is 0.878. The van der Waals surface area contributed by atoms with Crippen molar-refractivity contribution in [1.82, 2.24) is 10.2 Å². The van der Waals surface area contributed by atoms with Crippen LogP contribution in [0.5, 0.6) is 0 Å². The third-order valence-corrected chi connectivity index (χ3v) is 5.39. The number of nitrogens with one attached hydrogen (secondary N) is 1. The fourth-order valence-electron chi connectivity index (χ4n) is 3.95. The lowest BCUT2D eigenvalue weighted by molar-refractivity contribution is 0.172. The van der Waals surface area contributed by atoms with Crippen LogP contribution >= 0.6 is 0 Å². The summed E-state index contributed by atoms with van der Waals surface area (Å²) in [4.78, 5) is 2.44. The van der Waals surface area contributed by atoms with Crippen LogP contribution in [0.4, 0.5) is 0 Å². The molecule has 2 aliphatic rings. The Kier molecular flexibility index (Phi) is 5.51. The van der Waals surface area contributed by atoms with Crippen molar-refractivity contribution >= 4 is 0 Å². The highest BCUT2D eigenvalue weighted by molar-refractivity contribution is 5.15. The van der Waals surface area contributed by atoms with Crippen LogP contribution < -0.4 is 5.32 Å². The lowest BCUT2D eigenvalue weighted by atomic mass is 9.87. The molecule has 0 amide bonds. The number of benzene rings is 1. The fraction of sp³-hybridized carbons (Fsp3) is 0.684. The molecule has 0 bridgehead atoms. The van der Waals surface area contributed by atoms with Crippen LogP contribution in [-0.2, 0) is 6.54 Å². The van der Waals surface area contributed by atoms with Crippen LogP contribution in [0.25, 0.3) is 0 Å². The van der Waals surface area contributed by atoms with Crippen LogP contribution in [0.3, 0.4) is 0 Å². The first-order chi connectivity index (χ1) is 10.7. The van der Waals surface area contributed by atoms with Crippen molar-refractivity contribution in [1.29, 1.82) is 0 Å². The molecule has 1 heterocycles. The first-order valence-electron chi connectivity index (χ1n) is 8.90. The van der Waals surface area contributed by atoms with Gasteiger partial charge in [-0.3, -0.25) is 4.90 Å². The molecule has 22 heavy (non-hydrogen) atoms. The highest BCUT2D eigenvalue weighted by atomic mass is 16.3. The van der Waals surface area contributed by atoms with Crippen LogP contribution in [0.1, 0.15) is 44.6 Å². The molecule has 2 fully saturated rings. The second kappa shape index (κ2) is 7.58. The topological polar surface area (TPSA) is 35.5 Å². The Bertz CT molecular complexity index is 442. The van der Waals surface area contributed by atoms with E-state index in [2.05, 4.69) is 47.5 Å². The number of nitrogens with zero attached hydrogens (tertiary/aromatic N) is 1. The van der Waals surface area contributed by atoms with Crippen molar-refractivity contribution in [2.24, 2.45) is 5.92 Å². The Labute approximate surface area is 134 Å². The van der Waals surface area contributed by atoms with Gasteiger partial charge in [-0.25, -0.2) is 0 Å². The SMILES string of the molecule is CC1CCC(NCC2CC(O)CN2Cc2ccccc2)CC1. The van der Waals surface area contributed by atoms with E-state index in [1.165, 1.54) is 31.2 Å². The summed E-state index contributed by atoms with van der Waals surface area (Å²) < 4.78 is 0. The molecule has 3 rings (SSSR count). The maximum absolute atomic E-state index is 10.1. The molecule has 0 spiro atoms. The lowest BCUT2D eigenvalue weighted by Gasteiger charge is -2.30. The van der Waals surface area contributed by atoms with Gasteiger partial charge in [0.25, 0.3) is 0 Å². The molecule has 1 saturated carbocycles. The van der Waals surface area contributed by atoms with Crippen LogP contribution in [0.2, 0.25) is 0 Å². The van der Waals surface area contributed by atoms with Gasteiger partial charge in [0, 0.05) is 31.7 Å². The average molecular weight is 302 g/mol. The second-order valence-corrected chi connectivity index (χ2v) is 7.32. The van der Waals surface area contributed by atoms with E-state index in [9.17, 15) is 5.11 Å². The summed E-state index contributed by atoms with van der Waals surface area (Å²) in [7, 11) is 0. The van der Waals surface area contributed by atoms with Gasteiger partial charge in [-0.2, -0.15) is 0 Å². The smallest absolute Gasteiger partial charge is 0.0682 e. The first kappa shape index (κ1) is 16.0. The summed E-state index contributed by atoms with van der Waals surface area (Å²) >= 11 is 0. The molecule has 2 N–H and O–H groups in total. The van der Waals surface area contributed by atoms with Gasteiger partial charge < -0.3 is 10.4 Å². The minimum atomic E-state index is -0.165. The zero-order valence-electron chi connectivity index (χ0n) is 13.7. The van der Waals surface area contributed by atoms with Gasteiger partial charge in [0.2, 0.25) is 0 Å². The molecule has 1 aliphatic carbocycles. The Morgan fingerprint density at radius 2 is 1.86 bits per heavy atom. The Morgan fingerprint density at radius 3 is 2.59 bits per heavy atom. The van der Waals surface area contributed by atoms with Crippen molar-refractivity contribution in [2.45, 2.75) is 63.8 Å². The molecule has 3 nitrogen and oxygen atoms in total. The molecular formula is C19H30N2O. The monoisotopic (exact) mass is 302 g/mol. The molecule has 122 valence electrons. The normalized spacial score (nSPS) is 33.2. The predicted molar refractivity (Wildman–Crippen MR) is 90.7 cm³/mol. The van der Waals surface area contributed by atoms with Crippen molar-refractivity contribution in [3.8, 4) is 0 Å². The van der Waals surface area contributed by atoms with Gasteiger partial charge in [0.05, 0.1) is 6.10 Å². The summed E-state index contributed by atoms with van der Waals surface area (Å²) in [6.07, 6.45) is 6.09. The van der Waals surface area contributed by atoms with Gasteiger partial charge in [0.15, 0.2) is 0 Å². The van der Waals surface area contributed by atoms with Crippen LogP contribution in [0, 0.1) is 5.92 Å². The molecule has 0 aromatic heterocycles. The van der Waals surface area contributed by atoms with E-state index in [4.69, 9.17) is 0 Å². The minimum absolute atomic E-state index is 0.165. The number of β-amino-alcohol motifs (C(OH)–C–C–N with tert-alkyl or cyclic N) is 1. The van der Waals surface area contributed by atoms with E-state index in [0.717, 1.165) is 32.0 Å². The summed E-state index contributed by atoms with van der Waals surface area (Å²) in [5.41, 5.74) is 1.34. The zero-order valence-corrected chi connectivity index (χ0v) is 13.7. The Balaban J connectivity index is 1.50. The van der Waals surface area contributed by atoms with Gasteiger partial charge >= 0.3 is 0 Å². The molecule has 1 aromatic rings. The molecule has 3 heteroatoms. The molecule has 1 saturated heterocycles. The highest BCUT2D eigenvalue weighted by Gasteiger charge is 2.31. The maximum Gasteiger partial charge on any atom is 0.0682 e. The molecule has 1 aliphatic heterocycles. The third-order valence-electron chi connectivity index (χ3n) is 5.39. The van der Waals surface area contributed by atoms with Crippen molar-refractivity contribution < 1.29 is 5.11 Å². The molecule has 2 atom stereocenters. The third kappa shape index (κ3) is 4.31. The molecule has 0 radical (unpaired) electrons. The minimum Gasteiger partial charge on any atom is -0.392 e. The number of hydrogen-bond donors (Lipinski definition) is 2. The summed E-state index contributed by atoms with van der Waals surface area (Å²) in [5, 5.41) is 13.8. The van der Waals surface area contributed by atoms with E-state index in [1.807, 2.05) is 0 Å². The molecular weight excluding hydrogens is 272 g/mol. The predicted octanol–water partition coefficient (Wildman–Crippen LogP) is 2.79. The van der Waals surface area contributed by atoms with E-state index >= 15 is 0 Å². The Morgan fingerprint density at radius 1 is 1.14 bits per heavy atom. The van der Waals surface area contributed by atoms with Crippen molar-refractivity contribution in [2.75, 3.05) is 13.1 Å². The van der Waals surface area contributed by atoms with Crippen LogP contribution in [-0.4, -0.2) is 41.3 Å². The number of likely N-dealkylation sites (tertiary alicyclic amines) is 1. The van der Waals surface area contributed by atoms with Gasteiger partial charge in [-0.05, 0) is 43.6 Å². The lowest BCUT2D eigenvalue weighted by Crippen LogP contribution is -2.42. The van der Waals surface area contributed by atoms with Gasteiger partial charge in [-0.15, -0.1) is 0 Å². The number of rotatable bonds is 5. The maximum atomic E-state index is 10.1. The second-order valence-electron chi connectivity index (χ2n) is 7.32. The van der Waals surface area contributed by atoms with E-state index in [-0.39, 0.29) is 6.10 Å². The highest BCUT2D eigenvalue weighted by Crippen LogP contribution is 2.25. The number of aliphatic hydroxyl groups is 1. The standard InChI is InChI=1S/C19H30N2O/c1-15-7-9-17(10-8-15)20-12-18-11-19(22)14-21(18)13-16-5-3-2-4-6-16/h2-6,15,17-20,22H,7-14H2,1H3. The Hall–Kier alpha value is -0.900.